The molecular formula is C23H37F3. The van der Waals surface area contributed by atoms with Gasteiger partial charge >= 0.3 is 0 Å². The predicted octanol–water partition coefficient (Wildman–Crippen LogP) is 7.07. The lowest BCUT2D eigenvalue weighted by molar-refractivity contribution is -0.0580. The van der Waals surface area contributed by atoms with Crippen LogP contribution < -0.4 is 0 Å². The van der Waals surface area contributed by atoms with E-state index in [2.05, 4.69) is 6.92 Å². The third-order valence-corrected chi connectivity index (χ3v) is 8.88. The van der Waals surface area contributed by atoms with Crippen LogP contribution in [0.3, 0.4) is 0 Å². The van der Waals surface area contributed by atoms with Gasteiger partial charge in [0.2, 0.25) is 0 Å². The zero-order chi connectivity index (χ0) is 18.3. The van der Waals surface area contributed by atoms with Gasteiger partial charge in [-0.3, -0.25) is 0 Å². The second-order valence-corrected chi connectivity index (χ2v) is 10.3. The number of hydrogen-bond donors (Lipinski definition) is 0. The molecule has 0 aromatic carbocycles. The molecule has 0 nitrogen and oxygen atoms in total. The maximum Gasteiger partial charge on any atom is 0.162 e. The topological polar surface area (TPSA) is 0 Å². The zero-order valence-corrected chi connectivity index (χ0v) is 16.4. The van der Waals surface area contributed by atoms with Gasteiger partial charge < -0.3 is 0 Å². The van der Waals surface area contributed by atoms with E-state index < -0.39 is 18.5 Å². The van der Waals surface area contributed by atoms with Gasteiger partial charge in [-0.15, -0.1) is 0 Å². The smallest absolute Gasteiger partial charge is 0.162 e. The molecule has 4 rings (SSSR count). The van der Waals surface area contributed by atoms with Crippen LogP contribution in [0.1, 0.15) is 84.0 Å². The summed E-state index contributed by atoms with van der Waals surface area (Å²) in [6.07, 6.45) is 9.13. The first kappa shape index (κ1) is 19.1. The van der Waals surface area contributed by atoms with E-state index in [9.17, 15) is 13.2 Å². The Morgan fingerprint density at radius 2 is 1.00 bits per heavy atom. The van der Waals surface area contributed by atoms with Gasteiger partial charge in [0.25, 0.3) is 0 Å². The average Bonchev–Trinajstić information content (AvgIpc) is 2.67. The second-order valence-electron chi connectivity index (χ2n) is 10.3. The SMILES string of the molecule is CC1CCC(C2CCC(C3CCC4C(CC(F)C(F)C4F)C3)CC2)CC1. The van der Waals surface area contributed by atoms with Crippen molar-refractivity contribution in [3.8, 4) is 0 Å². The van der Waals surface area contributed by atoms with E-state index in [4.69, 9.17) is 0 Å². The van der Waals surface area contributed by atoms with Crippen LogP contribution >= 0.6 is 0 Å². The molecule has 0 spiro atoms. The van der Waals surface area contributed by atoms with Crippen molar-refractivity contribution >= 4 is 0 Å². The molecule has 0 amide bonds. The molecule has 0 saturated heterocycles. The number of rotatable bonds is 2. The Morgan fingerprint density at radius 1 is 0.500 bits per heavy atom. The zero-order valence-electron chi connectivity index (χ0n) is 16.4. The summed E-state index contributed by atoms with van der Waals surface area (Å²) in [5.41, 5.74) is 0. The molecule has 4 saturated carbocycles. The minimum absolute atomic E-state index is 0.0864. The molecule has 26 heavy (non-hydrogen) atoms. The molecule has 0 radical (unpaired) electrons. The van der Waals surface area contributed by atoms with E-state index in [0.717, 1.165) is 42.9 Å². The van der Waals surface area contributed by atoms with E-state index in [1.807, 2.05) is 0 Å². The fraction of sp³-hybridized carbons (Fsp3) is 1.00. The van der Waals surface area contributed by atoms with Crippen molar-refractivity contribution in [3.63, 3.8) is 0 Å². The molecule has 0 N–H and O–H groups in total. The molecule has 4 aliphatic carbocycles. The third-order valence-electron chi connectivity index (χ3n) is 8.88. The van der Waals surface area contributed by atoms with Gasteiger partial charge in [-0.1, -0.05) is 19.8 Å². The summed E-state index contributed by atoms with van der Waals surface area (Å²) >= 11 is 0. The van der Waals surface area contributed by atoms with Crippen LogP contribution in [-0.4, -0.2) is 18.5 Å². The first-order valence-electron chi connectivity index (χ1n) is 11.4. The molecule has 0 aromatic heterocycles. The molecule has 150 valence electrons. The standard InChI is InChI=1S/C23H37F3/c1-14-2-4-15(5-3-14)16-6-8-17(9-7-16)18-10-11-20-19(12-18)13-21(24)23(26)22(20)25/h14-23H,2-13H2,1H3. The van der Waals surface area contributed by atoms with Crippen LogP contribution in [0.4, 0.5) is 13.2 Å². The van der Waals surface area contributed by atoms with Gasteiger partial charge in [0.05, 0.1) is 0 Å². The van der Waals surface area contributed by atoms with Crippen LogP contribution in [0.2, 0.25) is 0 Å². The van der Waals surface area contributed by atoms with E-state index >= 15 is 0 Å². The van der Waals surface area contributed by atoms with Gasteiger partial charge in [-0.05, 0) is 106 Å². The van der Waals surface area contributed by atoms with Gasteiger partial charge in [-0.2, -0.15) is 0 Å². The number of fused-ring (bicyclic) bond motifs is 1. The molecule has 0 aliphatic heterocycles. The lowest BCUT2D eigenvalue weighted by Crippen LogP contribution is -2.47. The fourth-order valence-electron chi connectivity index (χ4n) is 7.14. The van der Waals surface area contributed by atoms with Gasteiger partial charge in [0.1, 0.15) is 12.3 Å². The monoisotopic (exact) mass is 370 g/mol. The van der Waals surface area contributed by atoms with Crippen LogP contribution in [0.25, 0.3) is 0 Å². The third kappa shape index (κ3) is 3.83. The predicted molar refractivity (Wildman–Crippen MR) is 100 cm³/mol. The van der Waals surface area contributed by atoms with Crippen molar-refractivity contribution < 1.29 is 13.2 Å². The summed E-state index contributed by atoms with van der Waals surface area (Å²) in [5.74, 6) is 4.09. The molecule has 4 fully saturated rings. The Bertz CT molecular complexity index is 450. The van der Waals surface area contributed by atoms with Crippen LogP contribution in [0.15, 0.2) is 0 Å². The maximum atomic E-state index is 14.2. The second kappa shape index (κ2) is 8.03. The van der Waals surface area contributed by atoms with E-state index in [1.54, 1.807) is 0 Å². The fourth-order valence-corrected chi connectivity index (χ4v) is 7.14. The summed E-state index contributed by atoms with van der Waals surface area (Å²) in [4.78, 5) is 0. The lowest BCUT2D eigenvalue weighted by atomic mass is 9.60. The highest BCUT2D eigenvalue weighted by molar-refractivity contribution is 4.97. The Hall–Kier alpha value is -0.210. The summed E-state index contributed by atoms with van der Waals surface area (Å²) in [6.45, 7) is 2.39. The summed E-state index contributed by atoms with van der Waals surface area (Å²) < 4.78 is 41.7. The lowest BCUT2D eigenvalue weighted by Gasteiger charge is -2.46. The summed E-state index contributed by atoms with van der Waals surface area (Å²) in [7, 11) is 0. The van der Waals surface area contributed by atoms with Crippen molar-refractivity contribution in [3.05, 3.63) is 0 Å². The molecule has 4 aliphatic rings. The molecule has 6 unspecified atom stereocenters. The Balaban J connectivity index is 1.28. The molecule has 0 heterocycles. The number of alkyl halides is 3. The van der Waals surface area contributed by atoms with Crippen LogP contribution in [0.5, 0.6) is 0 Å². The Kier molecular flexibility index (Phi) is 5.91. The summed E-state index contributed by atoms with van der Waals surface area (Å²) in [5, 5.41) is 0. The Morgan fingerprint density at radius 3 is 1.62 bits per heavy atom. The first-order valence-corrected chi connectivity index (χ1v) is 11.4. The van der Waals surface area contributed by atoms with E-state index in [0.29, 0.717) is 5.92 Å². The van der Waals surface area contributed by atoms with Crippen molar-refractivity contribution in [1.82, 2.24) is 0 Å². The molecular weight excluding hydrogens is 333 g/mol. The molecule has 3 heteroatoms. The van der Waals surface area contributed by atoms with Crippen LogP contribution in [0, 0.1) is 41.4 Å². The minimum Gasteiger partial charge on any atom is -0.244 e. The highest BCUT2D eigenvalue weighted by Gasteiger charge is 2.49. The van der Waals surface area contributed by atoms with E-state index in [-0.39, 0.29) is 18.3 Å². The number of halogens is 3. The van der Waals surface area contributed by atoms with Gasteiger partial charge in [0.15, 0.2) is 6.17 Å². The Labute approximate surface area is 157 Å². The highest BCUT2D eigenvalue weighted by atomic mass is 19.2. The molecule has 0 bridgehead atoms. The minimum atomic E-state index is -1.87. The molecule has 0 aromatic rings. The van der Waals surface area contributed by atoms with E-state index in [1.165, 1.54) is 51.4 Å². The van der Waals surface area contributed by atoms with Gasteiger partial charge in [0, 0.05) is 0 Å². The quantitative estimate of drug-likeness (QED) is 0.487. The number of hydrogen-bond acceptors (Lipinski definition) is 0. The average molecular weight is 371 g/mol. The normalized spacial score (nSPS) is 53.1. The largest absolute Gasteiger partial charge is 0.244 e. The van der Waals surface area contributed by atoms with Gasteiger partial charge in [-0.25, -0.2) is 13.2 Å². The van der Waals surface area contributed by atoms with Crippen molar-refractivity contribution in [2.45, 2.75) is 102 Å². The molecule has 6 atom stereocenters. The van der Waals surface area contributed by atoms with Crippen molar-refractivity contribution in [2.24, 2.45) is 41.4 Å². The first-order chi connectivity index (χ1) is 12.5. The van der Waals surface area contributed by atoms with Crippen molar-refractivity contribution in [1.29, 1.82) is 0 Å². The summed E-state index contributed by atoms with van der Waals surface area (Å²) in [6, 6.07) is 0. The highest BCUT2D eigenvalue weighted by Crippen LogP contribution is 2.51. The maximum absolute atomic E-state index is 14.2. The van der Waals surface area contributed by atoms with Crippen LogP contribution in [-0.2, 0) is 0 Å². The van der Waals surface area contributed by atoms with Crippen molar-refractivity contribution in [2.75, 3.05) is 0 Å².